The Morgan fingerprint density at radius 2 is 2.15 bits per heavy atom. The zero-order valence-corrected chi connectivity index (χ0v) is 11.6. The second-order valence-corrected chi connectivity index (χ2v) is 6.31. The molecule has 0 bridgehead atoms. The molecular formula is C15H20N2O3. The van der Waals surface area contributed by atoms with Gasteiger partial charge in [-0.25, -0.2) is 0 Å². The number of carbonyl (C=O) groups excluding carboxylic acids is 1. The van der Waals surface area contributed by atoms with E-state index in [0.29, 0.717) is 23.4 Å². The lowest BCUT2D eigenvalue weighted by atomic mass is 9.91. The van der Waals surface area contributed by atoms with Gasteiger partial charge >= 0.3 is 0 Å². The Hall–Kier alpha value is -1.36. The van der Waals surface area contributed by atoms with Crippen LogP contribution < -0.4 is 0 Å². The van der Waals surface area contributed by atoms with Gasteiger partial charge in [0.2, 0.25) is 0 Å². The largest absolute Gasteiger partial charge is 0.381 e. The third kappa shape index (κ3) is 2.24. The van der Waals surface area contributed by atoms with Crippen LogP contribution in [0.3, 0.4) is 0 Å². The molecule has 0 spiro atoms. The standard InChI is InChI=1S/C15H20N2O3/c18-15(13-7-14(20-16-13)10-1-2-10)17-5-3-11(8-17)12-4-6-19-9-12/h7,10-12H,1-6,8-9H2/t11-,12+/m0/s1. The average Bonchev–Trinajstić information content (AvgIpc) is 2.97. The lowest BCUT2D eigenvalue weighted by molar-refractivity contribution is 0.0770. The predicted octanol–water partition coefficient (Wildman–Crippen LogP) is 2.05. The zero-order valence-electron chi connectivity index (χ0n) is 11.6. The molecule has 3 fully saturated rings. The summed E-state index contributed by atoms with van der Waals surface area (Å²) in [4.78, 5) is 14.4. The molecule has 0 aromatic carbocycles. The topological polar surface area (TPSA) is 55.6 Å². The SMILES string of the molecule is O=C(c1cc(C2CC2)on1)N1CC[C@H]([C@@H]2CCOC2)C1. The van der Waals surface area contributed by atoms with Crippen molar-refractivity contribution in [3.8, 4) is 0 Å². The molecule has 20 heavy (non-hydrogen) atoms. The van der Waals surface area contributed by atoms with Crippen LogP contribution in [0.25, 0.3) is 0 Å². The summed E-state index contributed by atoms with van der Waals surface area (Å²) in [5.41, 5.74) is 0.482. The van der Waals surface area contributed by atoms with Crippen molar-refractivity contribution >= 4 is 5.91 Å². The number of hydrogen-bond acceptors (Lipinski definition) is 4. The second kappa shape index (κ2) is 4.88. The van der Waals surface area contributed by atoms with Gasteiger partial charge in [-0.3, -0.25) is 4.79 Å². The number of nitrogens with zero attached hydrogens (tertiary/aromatic N) is 2. The molecule has 0 radical (unpaired) electrons. The van der Waals surface area contributed by atoms with Crippen LogP contribution in [-0.2, 0) is 4.74 Å². The first-order chi connectivity index (χ1) is 9.81. The lowest BCUT2D eigenvalue weighted by Gasteiger charge is -2.18. The Morgan fingerprint density at radius 3 is 2.90 bits per heavy atom. The molecule has 1 amide bonds. The van der Waals surface area contributed by atoms with Crippen LogP contribution >= 0.6 is 0 Å². The first-order valence-corrected chi connectivity index (χ1v) is 7.65. The van der Waals surface area contributed by atoms with Crippen LogP contribution in [-0.4, -0.2) is 42.3 Å². The molecule has 1 aromatic rings. The molecule has 2 aliphatic heterocycles. The van der Waals surface area contributed by atoms with Crippen LogP contribution in [0, 0.1) is 11.8 Å². The van der Waals surface area contributed by atoms with Gasteiger partial charge in [0.05, 0.1) is 0 Å². The molecular weight excluding hydrogens is 256 g/mol. The summed E-state index contributed by atoms with van der Waals surface area (Å²) in [7, 11) is 0. The van der Waals surface area contributed by atoms with Crippen LogP contribution in [0.15, 0.2) is 10.6 Å². The fourth-order valence-electron chi connectivity index (χ4n) is 3.39. The predicted molar refractivity (Wildman–Crippen MR) is 71.4 cm³/mol. The van der Waals surface area contributed by atoms with Crippen molar-refractivity contribution in [2.45, 2.75) is 31.6 Å². The van der Waals surface area contributed by atoms with Gasteiger partial charge < -0.3 is 14.2 Å². The maximum absolute atomic E-state index is 12.4. The number of likely N-dealkylation sites (tertiary alicyclic amines) is 1. The van der Waals surface area contributed by atoms with E-state index in [0.717, 1.165) is 57.7 Å². The maximum Gasteiger partial charge on any atom is 0.276 e. The summed E-state index contributed by atoms with van der Waals surface area (Å²) in [5, 5.41) is 3.95. The monoisotopic (exact) mass is 276 g/mol. The first kappa shape index (κ1) is 12.4. The van der Waals surface area contributed by atoms with Gasteiger partial charge in [0.15, 0.2) is 5.69 Å². The van der Waals surface area contributed by atoms with Gasteiger partial charge in [0.25, 0.3) is 5.91 Å². The van der Waals surface area contributed by atoms with E-state index >= 15 is 0 Å². The average molecular weight is 276 g/mol. The lowest BCUT2D eigenvalue weighted by Crippen LogP contribution is -2.30. The minimum absolute atomic E-state index is 0.0297. The third-order valence-corrected chi connectivity index (χ3v) is 4.87. The minimum Gasteiger partial charge on any atom is -0.381 e. The molecule has 3 aliphatic rings. The molecule has 1 aromatic heterocycles. The second-order valence-electron chi connectivity index (χ2n) is 6.31. The van der Waals surface area contributed by atoms with Gasteiger partial charge in [-0.2, -0.15) is 0 Å². The van der Waals surface area contributed by atoms with E-state index in [4.69, 9.17) is 9.26 Å². The summed E-state index contributed by atoms with van der Waals surface area (Å²) >= 11 is 0. The van der Waals surface area contributed by atoms with E-state index in [1.165, 1.54) is 0 Å². The van der Waals surface area contributed by atoms with Crippen molar-refractivity contribution in [3.63, 3.8) is 0 Å². The number of rotatable bonds is 3. The zero-order chi connectivity index (χ0) is 13.5. The van der Waals surface area contributed by atoms with Crippen LogP contribution in [0.4, 0.5) is 0 Å². The highest BCUT2D eigenvalue weighted by Gasteiger charge is 2.35. The molecule has 2 saturated heterocycles. The van der Waals surface area contributed by atoms with Crippen molar-refractivity contribution in [3.05, 3.63) is 17.5 Å². The quantitative estimate of drug-likeness (QED) is 0.848. The van der Waals surface area contributed by atoms with Gasteiger partial charge in [-0.15, -0.1) is 0 Å². The number of hydrogen-bond donors (Lipinski definition) is 0. The molecule has 108 valence electrons. The molecule has 2 atom stereocenters. The summed E-state index contributed by atoms with van der Waals surface area (Å²) in [5.74, 6) is 2.64. The van der Waals surface area contributed by atoms with Crippen molar-refractivity contribution in [1.82, 2.24) is 10.1 Å². The van der Waals surface area contributed by atoms with E-state index in [-0.39, 0.29) is 5.91 Å². The molecule has 1 aliphatic carbocycles. The number of aromatic nitrogens is 1. The summed E-state index contributed by atoms with van der Waals surface area (Å²) in [6.07, 6.45) is 4.56. The Bertz CT molecular complexity index is 503. The van der Waals surface area contributed by atoms with Gasteiger partial charge in [0, 0.05) is 38.3 Å². The minimum atomic E-state index is 0.0297. The van der Waals surface area contributed by atoms with Crippen molar-refractivity contribution in [2.75, 3.05) is 26.3 Å². The van der Waals surface area contributed by atoms with Gasteiger partial charge in [-0.05, 0) is 37.5 Å². The van der Waals surface area contributed by atoms with E-state index in [1.54, 1.807) is 0 Å². The van der Waals surface area contributed by atoms with E-state index < -0.39 is 0 Å². The normalized spacial score (nSPS) is 30.1. The van der Waals surface area contributed by atoms with Crippen LogP contribution in [0.5, 0.6) is 0 Å². The maximum atomic E-state index is 12.4. The molecule has 5 heteroatoms. The molecule has 0 unspecified atom stereocenters. The number of carbonyl (C=O) groups is 1. The van der Waals surface area contributed by atoms with Gasteiger partial charge in [0.1, 0.15) is 5.76 Å². The highest BCUT2D eigenvalue weighted by Crippen LogP contribution is 2.40. The van der Waals surface area contributed by atoms with Crippen molar-refractivity contribution in [2.24, 2.45) is 11.8 Å². The Labute approximate surface area is 118 Å². The van der Waals surface area contributed by atoms with Crippen molar-refractivity contribution in [1.29, 1.82) is 0 Å². The van der Waals surface area contributed by atoms with E-state index in [9.17, 15) is 4.79 Å². The fraction of sp³-hybridized carbons (Fsp3) is 0.733. The van der Waals surface area contributed by atoms with Gasteiger partial charge in [-0.1, -0.05) is 5.16 Å². The van der Waals surface area contributed by atoms with E-state index in [2.05, 4.69) is 5.16 Å². The highest BCUT2D eigenvalue weighted by atomic mass is 16.5. The molecule has 5 nitrogen and oxygen atoms in total. The molecule has 4 rings (SSSR count). The van der Waals surface area contributed by atoms with Crippen LogP contribution in [0.1, 0.15) is 47.8 Å². The molecule has 0 N–H and O–H groups in total. The Morgan fingerprint density at radius 1 is 1.25 bits per heavy atom. The highest BCUT2D eigenvalue weighted by molar-refractivity contribution is 5.92. The van der Waals surface area contributed by atoms with Crippen molar-refractivity contribution < 1.29 is 14.1 Å². The smallest absolute Gasteiger partial charge is 0.276 e. The number of ether oxygens (including phenoxy) is 1. The first-order valence-electron chi connectivity index (χ1n) is 7.65. The Kier molecular flexibility index (Phi) is 3.02. The fourth-order valence-corrected chi connectivity index (χ4v) is 3.39. The third-order valence-electron chi connectivity index (χ3n) is 4.87. The number of amides is 1. The Balaban J connectivity index is 1.40. The van der Waals surface area contributed by atoms with E-state index in [1.807, 2.05) is 11.0 Å². The van der Waals surface area contributed by atoms with Crippen LogP contribution in [0.2, 0.25) is 0 Å². The summed E-state index contributed by atoms with van der Waals surface area (Å²) in [6.45, 7) is 3.43. The molecule has 1 saturated carbocycles. The summed E-state index contributed by atoms with van der Waals surface area (Å²) < 4.78 is 10.7. The molecule has 3 heterocycles. The summed E-state index contributed by atoms with van der Waals surface area (Å²) in [6, 6.07) is 1.84.